The van der Waals surface area contributed by atoms with Crippen LogP contribution in [0, 0.1) is 0 Å². The summed E-state index contributed by atoms with van der Waals surface area (Å²) in [7, 11) is 3.60. The van der Waals surface area contributed by atoms with Gasteiger partial charge in [-0.1, -0.05) is 65.7 Å². The molecule has 3 fully saturated rings. The van der Waals surface area contributed by atoms with E-state index in [-0.39, 0.29) is 17.0 Å². The van der Waals surface area contributed by atoms with E-state index in [1.165, 1.54) is 0 Å². The number of hydrogen-bond donors (Lipinski definition) is 2. The maximum absolute atomic E-state index is 11.8. The average Bonchev–Trinajstić information content (AvgIpc) is 3.72. The molecular formula is C40H41Cl2N7O3. The van der Waals surface area contributed by atoms with Gasteiger partial charge in [0.15, 0.2) is 0 Å². The summed E-state index contributed by atoms with van der Waals surface area (Å²) in [6.07, 6.45) is 7.99. The molecule has 0 unspecified atom stereocenters. The molecule has 0 atom stereocenters. The molecule has 10 nitrogen and oxygen atoms in total. The van der Waals surface area contributed by atoms with Crippen LogP contribution in [0.25, 0.3) is 39.2 Å². The van der Waals surface area contributed by atoms with Gasteiger partial charge in [-0.2, -0.15) is 0 Å². The number of likely N-dealkylation sites (N-methyl/N-ethyl adjacent to an activating group) is 1. The van der Waals surface area contributed by atoms with Gasteiger partial charge in [0.25, 0.3) is 0 Å². The minimum Gasteiger partial charge on any atom is -0.481 e. The van der Waals surface area contributed by atoms with Crippen molar-refractivity contribution >= 4 is 41.0 Å². The number of pyridine rings is 2. The summed E-state index contributed by atoms with van der Waals surface area (Å²) >= 11 is 14.3. The van der Waals surface area contributed by atoms with Crippen LogP contribution in [0.5, 0.6) is 5.88 Å². The molecule has 12 heteroatoms. The molecule has 3 saturated heterocycles. The number of nitrogens with zero attached hydrogens (tertiary/aromatic N) is 5. The third-order valence-electron chi connectivity index (χ3n) is 10.9. The third kappa shape index (κ3) is 6.47. The first kappa shape index (κ1) is 34.7. The predicted octanol–water partition coefficient (Wildman–Crippen LogP) is 6.26. The number of aromatic nitrogens is 3. The second kappa shape index (κ2) is 13.9. The highest BCUT2D eigenvalue weighted by atomic mass is 35.5. The Balaban J connectivity index is 1.01. The van der Waals surface area contributed by atoms with Gasteiger partial charge in [0.1, 0.15) is 11.9 Å². The van der Waals surface area contributed by atoms with Crippen molar-refractivity contribution in [3.05, 3.63) is 94.4 Å². The van der Waals surface area contributed by atoms with Crippen LogP contribution in [0.1, 0.15) is 36.9 Å². The highest BCUT2D eigenvalue weighted by Crippen LogP contribution is 2.43. The Morgan fingerprint density at radius 3 is 2.33 bits per heavy atom. The Labute approximate surface area is 313 Å². The Morgan fingerprint density at radius 1 is 0.923 bits per heavy atom. The first-order valence-electron chi connectivity index (χ1n) is 17.7. The number of benzene rings is 2. The average molecular weight is 739 g/mol. The van der Waals surface area contributed by atoms with Gasteiger partial charge in [0.05, 0.1) is 34.1 Å². The second-order valence-corrected chi connectivity index (χ2v) is 15.2. The molecule has 3 aromatic heterocycles. The first-order valence-corrected chi connectivity index (χ1v) is 18.4. The summed E-state index contributed by atoms with van der Waals surface area (Å²) in [6.45, 7) is 4.87. The fourth-order valence-electron chi connectivity index (χ4n) is 8.20. The lowest BCUT2D eigenvalue weighted by molar-refractivity contribution is -0.120. The number of rotatable bonds is 12. The minimum absolute atomic E-state index is 0.00115. The summed E-state index contributed by atoms with van der Waals surface area (Å²) in [6, 6.07) is 20.0. The maximum Gasteiger partial charge on any atom is 0.220 e. The molecule has 1 spiro atoms. The fraction of sp³-hybridized carbons (Fsp3) is 0.350. The number of halogens is 2. The highest BCUT2D eigenvalue weighted by molar-refractivity contribution is 6.39. The first-order chi connectivity index (χ1) is 25.2. The number of fused-ring (bicyclic) bond motifs is 1. The van der Waals surface area contributed by atoms with E-state index in [4.69, 9.17) is 37.9 Å². The summed E-state index contributed by atoms with van der Waals surface area (Å²) in [5.74, 6) is 0.697. The summed E-state index contributed by atoms with van der Waals surface area (Å²) in [4.78, 5) is 37.1. The summed E-state index contributed by atoms with van der Waals surface area (Å²) in [5, 5.41) is 7.71. The van der Waals surface area contributed by atoms with E-state index in [1.807, 2.05) is 66.2 Å². The van der Waals surface area contributed by atoms with Crippen molar-refractivity contribution in [1.82, 2.24) is 34.8 Å². The van der Waals surface area contributed by atoms with Crippen LogP contribution in [0.2, 0.25) is 10.0 Å². The number of nitrogens with one attached hydrogen (secondary N) is 2. The van der Waals surface area contributed by atoms with Gasteiger partial charge in [-0.05, 0) is 43.7 Å². The largest absolute Gasteiger partial charge is 0.481 e. The number of likely N-dealkylation sites (tertiary alicyclic amines) is 2. The monoisotopic (exact) mass is 737 g/mol. The minimum atomic E-state index is -0.0749. The number of carbonyl (C=O) groups is 2. The number of amides is 1. The molecule has 0 aliphatic carbocycles. The highest BCUT2D eigenvalue weighted by Gasteiger charge is 2.47. The lowest BCUT2D eigenvalue weighted by Gasteiger charge is -2.50. The zero-order valence-corrected chi connectivity index (χ0v) is 30.8. The van der Waals surface area contributed by atoms with Crippen LogP contribution in [-0.4, -0.2) is 87.8 Å². The molecule has 1 amide bonds. The SMILES string of the molecule is CNC1(CCC=O)CN(Cc2cn3ccc(-c4cccc(-c5cccc(-c6ccc(CN7CC8(CCC(=O)N8)C7)c(OC)n6)c5Cl)c4Cl)cc3n2)C1. The lowest BCUT2D eigenvalue weighted by Crippen LogP contribution is -2.67. The van der Waals surface area contributed by atoms with Crippen molar-refractivity contribution < 1.29 is 14.3 Å². The molecule has 0 saturated carbocycles. The van der Waals surface area contributed by atoms with E-state index in [0.717, 1.165) is 96.6 Å². The van der Waals surface area contributed by atoms with Crippen molar-refractivity contribution in [3.8, 4) is 39.4 Å². The molecule has 3 aliphatic rings. The normalized spacial score (nSPS) is 18.0. The zero-order chi connectivity index (χ0) is 36.0. The van der Waals surface area contributed by atoms with Gasteiger partial charge in [-0.3, -0.25) is 14.6 Å². The Kier molecular flexibility index (Phi) is 9.30. The Bertz CT molecular complexity index is 2170. The van der Waals surface area contributed by atoms with Gasteiger partial charge in [0.2, 0.25) is 11.8 Å². The van der Waals surface area contributed by atoms with E-state index in [0.29, 0.717) is 41.0 Å². The quantitative estimate of drug-likeness (QED) is 0.145. The number of ether oxygens (including phenoxy) is 1. The molecule has 6 heterocycles. The number of imidazole rings is 1. The molecule has 0 radical (unpaired) electrons. The fourth-order valence-corrected chi connectivity index (χ4v) is 8.86. The molecule has 5 aromatic rings. The molecular weight excluding hydrogens is 697 g/mol. The number of carbonyl (C=O) groups excluding carboxylic acids is 2. The molecule has 52 heavy (non-hydrogen) atoms. The van der Waals surface area contributed by atoms with E-state index in [9.17, 15) is 9.59 Å². The van der Waals surface area contributed by atoms with Crippen LogP contribution in [-0.2, 0) is 22.7 Å². The van der Waals surface area contributed by atoms with Crippen molar-refractivity contribution in [2.45, 2.75) is 49.9 Å². The van der Waals surface area contributed by atoms with Crippen molar-refractivity contribution in [3.63, 3.8) is 0 Å². The zero-order valence-electron chi connectivity index (χ0n) is 29.3. The van der Waals surface area contributed by atoms with Gasteiger partial charge in [-0.15, -0.1) is 0 Å². The van der Waals surface area contributed by atoms with Gasteiger partial charge in [-0.25, -0.2) is 9.97 Å². The molecule has 8 rings (SSSR count). The Morgan fingerprint density at radius 2 is 1.63 bits per heavy atom. The lowest BCUT2D eigenvalue weighted by atomic mass is 9.85. The maximum atomic E-state index is 11.8. The summed E-state index contributed by atoms with van der Waals surface area (Å²) < 4.78 is 7.78. The van der Waals surface area contributed by atoms with E-state index < -0.39 is 0 Å². The van der Waals surface area contributed by atoms with E-state index in [1.54, 1.807) is 7.11 Å². The van der Waals surface area contributed by atoms with Crippen LogP contribution < -0.4 is 15.4 Å². The third-order valence-corrected chi connectivity index (χ3v) is 11.7. The topological polar surface area (TPSA) is 104 Å². The molecule has 268 valence electrons. The van der Waals surface area contributed by atoms with Gasteiger partial charge < -0.3 is 24.6 Å². The van der Waals surface area contributed by atoms with Crippen molar-refractivity contribution in [2.24, 2.45) is 0 Å². The van der Waals surface area contributed by atoms with E-state index >= 15 is 0 Å². The molecule has 2 aromatic carbocycles. The smallest absolute Gasteiger partial charge is 0.220 e. The number of hydrogen-bond acceptors (Lipinski definition) is 8. The van der Waals surface area contributed by atoms with Gasteiger partial charge >= 0.3 is 0 Å². The number of methoxy groups -OCH3 is 1. The van der Waals surface area contributed by atoms with Crippen LogP contribution in [0.4, 0.5) is 0 Å². The van der Waals surface area contributed by atoms with Crippen LogP contribution in [0.15, 0.2) is 73.1 Å². The van der Waals surface area contributed by atoms with Crippen LogP contribution in [0.3, 0.4) is 0 Å². The second-order valence-electron chi connectivity index (χ2n) is 14.5. The standard InChI is InChI=1S/C40H41Cl2N7O3/c1-43-39(14-5-17-50)22-48(23-39)20-28-21-49-16-13-26(18-34(49)44-28)29-6-3-7-30(36(29)41)31-8-4-9-32(37(31)42)33-11-10-27(38(45-33)52-2)19-47-24-40(25-47)15-12-35(51)46-40/h3-4,6-11,13,16-18,21,43H,5,12,14-15,19-20,22-25H2,1-2H3,(H,46,51). The van der Waals surface area contributed by atoms with E-state index in [2.05, 4.69) is 38.8 Å². The molecule has 3 aliphatic heterocycles. The predicted molar refractivity (Wildman–Crippen MR) is 204 cm³/mol. The van der Waals surface area contributed by atoms with Crippen molar-refractivity contribution in [2.75, 3.05) is 40.3 Å². The Hall–Kier alpha value is -4.32. The number of aldehydes is 1. The van der Waals surface area contributed by atoms with Crippen molar-refractivity contribution in [1.29, 1.82) is 0 Å². The van der Waals surface area contributed by atoms with Crippen LogP contribution >= 0.6 is 23.2 Å². The molecule has 2 N–H and O–H groups in total. The summed E-state index contributed by atoms with van der Waals surface area (Å²) in [5.41, 5.74) is 7.72. The van der Waals surface area contributed by atoms with Gasteiger partial charge in [0, 0.05) is 97.9 Å². The molecule has 0 bridgehead atoms.